The molecule has 1 aromatic rings. The molecule has 0 radical (unpaired) electrons. The van der Waals surface area contributed by atoms with E-state index in [-0.39, 0.29) is 29.5 Å². The number of phenolic OH excluding ortho intramolecular Hbond substituents is 1. The molecule has 2 saturated heterocycles. The lowest BCUT2D eigenvalue weighted by atomic mass is 9.91. The topological polar surface area (TPSA) is 69.6 Å². The van der Waals surface area contributed by atoms with Crippen LogP contribution in [0.5, 0.6) is 5.75 Å². The SMILES string of the molecule is Cc1cc(C(=O)N2CCCC3C(=O)NCC32)ccc1O. The smallest absolute Gasteiger partial charge is 0.254 e. The number of phenols is 1. The number of carbonyl (C=O) groups excluding carboxylic acids is 2. The Hall–Kier alpha value is -2.04. The quantitative estimate of drug-likeness (QED) is 0.804. The second kappa shape index (κ2) is 4.81. The number of fused-ring (bicyclic) bond motifs is 1. The fraction of sp³-hybridized carbons (Fsp3) is 0.467. The molecule has 0 aromatic heterocycles. The Morgan fingerprint density at radius 3 is 3.00 bits per heavy atom. The largest absolute Gasteiger partial charge is 0.508 e. The van der Waals surface area contributed by atoms with Gasteiger partial charge in [-0.2, -0.15) is 0 Å². The summed E-state index contributed by atoms with van der Waals surface area (Å²) in [5.74, 6) is 0.135. The Labute approximate surface area is 117 Å². The van der Waals surface area contributed by atoms with E-state index in [1.807, 2.05) is 0 Å². The number of likely N-dealkylation sites (tertiary alicyclic amines) is 1. The molecule has 106 valence electrons. The van der Waals surface area contributed by atoms with Crippen LogP contribution in [0, 0.1) is 12.8 Å². The van der Waals surface area contributed by atoms with Gasteiger partial charge in [0.15, 0.2) is 0 Å². The highest BCUT2D eigenvalue weighted by molar-refractivity contribution is 5.96. The van der Waals surface area contributed by atoms with Gasteiger partial charge in [0.1, 0.15) is 5.75 Å². The van der Waals surface area contributed by atoms with Crippen molar-refractivity contribution in [3.8, 4) is 5.75 Å². The molecule has 2 fully saturated rings. The highest BCUT2D eigenvalue weighted by Crippen LogP contribution is 2.29. The molecule has 0 bridgehead atoms. The van der Waals surface area contributed by atoms with E-state index in [1.54, 1.807) is 30.0 Å². The Morgan fingerprint density at radius 2 is 2.25 bits per heavy atom. The average Bonchev–Trinajstić information content (AvgIpc) is 2.83. The van der Waals surface area contributed by atoms with E-state index in [0.717, 1.165) is 12.8 Å². The van der Waals surface area contributed by atoms with Gasteiger partial charge < -0.3 is 15.3 Å². The maximum Gasteiger partial charge on any atom is 0.254 e. The van der Waals surface area contributed by atoms with Crippen molar-refractivity contribution in [3.05, 3.63) is 29.3 Å². The lowest BCUT2D eigenvalue weighted by molar-refractivity contribution is -0.123. The van der Waals surface area contributed by atoms with Crippen LogP contribution in [-0.4, -0.2) is 41.0 Å². The number of amides is 2. The fourth-order valence-electron chi connectivity index (χ4n) is 3.16. The molecule has 2 aliphatic heterocycles. The van der Waals surface area contributed by atoms with E-state index in [1.165, 1.54) is 0 Å². The first-order valence-corrected chi connectivity index (χ1v) is 6.96. The van der Waals surface area contributed by atoms with E-state index in [0.29, 0.717) is 24.2 Å². The van der Waals surface area contributed by atoms with Gasteiger partial charge in [-0.15, -0.1) is 0 Å². The fourth-order valence-corrected chi connectivity index (χ4v) is 3.16. The van der Waals surface area contributed by atoms with Gasteiger partial charge >= 0.3 is 0 Å². The number of benzene rings is 1. The summed E-state index contributed by atoms with van der Waals surface area (Å²) in [4.78, 5) is 26.2. The number of rotatable bonds is 1. The van der Waals surface area contributed by atoms with Crippen molar-refractivity contribution in [1.29, 1.82) is 0 Å². The van der Waals surface area contributed by atoms with E-state index in [2.05, 4.69) is 5.32 Å². The molecule has 20 heavy (non-hydrogen) atoms. The summed E-state index contributed by atoms with van der Waals surface area (Å²) in [6.07, 6.45) is 1.71. The maximum absolute atomic E-state index is 12.6. The number of piperidine rings is 1. The van der Waals surface area contributed by atoms with Gasteiger partial charge in [0.05, 0.1) is 12.0 Å². The van der Waals surface area contributed by atoms with Crippen molar-refractivity contribution in [3.63, 3.8) is 0 Å². The predicted molar refractivity (Wildman–Crippen MR) is 73.4 cm³/mol. The first-order chi connectivity index (χ1) is 9.58. The minimum absolute atomic E-state index is 0.0298. The van der Waals surface area contributed by atoms with Crippen LogP contribution in [0.25, 0.3) is 0 Å². The zero-order valence-corrected chi connectivity index (χ0v) is 11.4. The molecule has 0 saturated carbocycles. The van der Waals surface area contributed by atoms with Crippen molar-refractivity contribution >= 4 is 11.8 Å². The van der Waals surface area contributed by atoms with Gasteiger partial charge in [-0.25, -0.2) is 0 Å². The normalized spacial score (nSPS) is 25.2. The minimum Gasteiger partial charge on any atom is -0.508 e. The lowest BCUT2D eigenvalue weighted by Gasteiger charge is -2.36. The zero-order valence-electron chi connectivity index (χ0n) is 11.4. The zero-order chi connectivity index (χ0) is 14.3. The standard InChI is InChI=1S/C15H18N2O3/c1-9-7-10(4-5-13(9)18)15(20)17-6-2-3-11-12(17)8-16-14(11)19/h4-5,7,11-12,18H,2-3,6,8H2,1H3,(H,16,19). The molecule has 5 nitrogen and oxygen atoms in total. The average molecular weight is 274 g/mol. The summed E-state index contributed by atoms with van der Waals surface area (Å²) < 4.78 is 0. The summed E-state index contributed by atoms with van der Waals surface area (Å²) in [6, 6.07) is 4.85. The molecular formula is C15H18N2O3. The molecule has 2 atom stereocenters. The number of aryl methyl sites for hydroxylation is 1. The van der Waals surface area contributed by atoms with Gasteiger partial charge in [0.25, 0.3) is 5.91 Å². The number of carbonyl (C=O) groups is 2. The van der Waals surface area contributed by atoms with Crippen LogP contribution in [0.4, 0.5) is 0 Å². The molecular weight excluding hydrogens is 256 g/mol. The van der Waals surface area contributed by atoms with Gasteiger partial charge in [-0.05, 0) is 43.5 Å². The molecule has 2 unspecified atom stereocenters. The summed E-state index contributed by atoms with van der Waals surface area (Å²) in [7, 11) is 0. The number of nitrogens with zero attached hydrogens (tertiary/aromatic N) is 1. The second-order valence-electron chi connectivity index (χ2n) is 5.56. The number of hydrogen-bond acceptors (Lipinski definition) is 3. The summed E-state index contributed by atoms with van der Waals surface area (Å²) >= 11 is 0. The van der Waals surface area contributed by atoms with Crippen molar-refractivity contribution in [2.24, 2.45) is 5.92 Å². The Morgan fingerprint density at radius 1 is 1.45 bits per heavy atom. The highest BCUT2D eigenvalue weighted by atomic mass is 16.3. The van der Waals surface area contributed by atoms with E-state index in [9.17, 15) is 14.7 Å². The number of aromatic hydroxyl groups is 1. The Balaban J connectivity index is 1.86. The molecule has 0 aliphatic carbocycles. The molecule has 2 N–H and O–H groups in total. The van der Waals surface area contributed by atoms with Gasteiger partial charge in [-0.3, -0.25) is 9.59 Å². The lowest BCUT2D eigenvalue weighted by Crippen LogP contribution is -2.48. The summed E-state index contributed by atoms with van der Waals surface area (Å²) in [5.41, 5.74) is 1.25. The van der Waals surface area contributed by atoms with E-state index in [4.69, 9.17) is 0 Å². The number of hydrogen-bond donors (Lipinski definition) is 2. The highest BCUT2D eigenvalue weighted by Gasteiger charge is 2.42. The third kappa shape index (κ3) is 2.03. The molecule has 2 heterocycles. The monoisotopic (exact) mass is 274 g/mol. The minimum atomic E-state index is -0.0640. The Kier molecular flexibility index (Phi) is 3.12. The van der Waals surface area contributed by atoms with Gasteiger partial charge in [0.2, 0.25) is 5.91 Å². The number of nitrogens with one attached hydrogen (secondary N) is 1. The Bertz CT molecular complexity index is 570. The third-order valence-electron chi connectivity index (χ3n) is 4.31. The first kappa shape index (κ1) is 13.0. The van der Waals surface area contributed by atoms with Crippen LogP contribution in [0.2, 0.25) is 0 Å². The molecule has 2 amide bonds. The van der Waals surface area contributed by atoms with Crippen LogP contribution in [0.3, 0.4) is 0 Å². The third-order valence-corrected chi connectivity index (χ3v) is 4.31. The van der Waals surface area contributed by atoms with Crippen LogP contribution in [0.15, 0.2) is 18.2 Å². The second-order valence-corrected chi connectivity index (χ2v) is 5.56. The maximum atomic E-state index is 12.6. The molecule has 3 rings (SSSR count). The van der Waals surface area contributed by atoms with Crippen molar-refractivity contribution in [1.82, 2.24) is 10.2 Å². The summed E-state index contributed by atoms with van der Waals surface area (Å²) in [6.45, 7) is 3.01. The molecule has 5 heteroatoms. The van der Waals surface area contributed by atoms with Crippen molar-refractivity contribution in [2.45, 2.75) is 25.8 Å². The van der Waals surface area contributed by atoms with Crippen LogP contribution in [0.1, 0.15) is 28.8 Å². The molecule has 1 aromatic carbocycles. The van der Waals surface area contributed by atoms with Crippen molar-refractivity contribution in [2.75, 3.05) is 13.1 Å². The van der Waals surface area contributed by atoms with Gasteiger partial charge in [-0.1, -0.05) is 0 Å². The van der Waals surface area contributed by atoms with E-state index < -0.39 is 0 Å². The van der Waals surface area contributed by atoms with Crippen LogP contribution < -0.4 is 5.32 Å². The predicted octanol–water partition coefficient (Wildman–Crippen LogP) is 1.05. The molecule has 0 spiro atoms. The van der Waals surface area contributed by atoms with Gasteiger partial charge in [0, 0.05) is 18.7 Å². The first-order valence-electron chi connectivity index (χ1n) is 6.96. The summed E-state index contributed by atoms with van der Waals surface area (Å²) in [5, 5.41) is 12.4. The van der Waals surface area contributed by atoms with Crippen molar-refractivity contribution < 1.29 is 14.7 Å². The van der Waals surface area contributed by atoms with Crippen LogP contribution in [-0.2, 0) is 4.79 Å². The van der Waals surface area contributed by atoms with Crippen LogP contribution >= 0.6 is 0 Å². The van der Waals surface area contributed by atoms with E-state index >= 15 is 0 Å². The molecule has 2 aliphatic rings.